The summed E-state index contributed by atoms with van der Waals surface area (Å²) in [6.07, 6.45) is -12.7. The molecule has 1 unspecified atom stereocenters. The van der Waals surface area contributed by atoms with Gasteiger partial charge in [0.25, 0.3) is 0 Å². The second kappa shape index (κ2) is 11.2. The van der Waals surface area contributed by atoms with Gasteiger partial charge in [-0.2, -0.15) is 26.3 Å². The first kappa shape index (κ1) is 25.7. The van der Waals surface area contributed by atoms with Crippen molar-refractivity contribution in [3.05, 3.63) is 70.8 Å². The number of carbonyl (C=O) groups is 1. The van der Waals surface area contributed by atoms with Crippen molar-refractivity contribution in [2.45, 2.75) is 58.0 Å². The van der Waals surface area contributed by atoms with E-state index in [4.69, 9.17) is 0 Å². The number of hydrogen-bond donors (Lipinski definition) is 1. The summed E-state index contributed by atoms with van der Waals surface area (Å²) in [7, 11) is 0. The SMILES string of the molecule is Cc1ccccc1CC(=O)CC(F)(F)F.Cc1ccccc1CC(O)CC(F)(F)F. The number of aliphatic hydroxyl groups excluding tert-OH is 1. The molecule has 2 rings (SSSR count). The van der Waals surface area contributed by atoms with E-state index in [-0.39, 0.29) is 12.8 Å². The molecular weight excluding hydrogens is 410 g/mol. The first-order valence-electron chi connectivity index (χ1n) is 9.19. The van der Waals surface area contributed by atoms with Gasteiger partial charge < -0.3 is 5.11 Å². The summed E-state index contributed by atoms with van der Waals surface area (Å²) < 4.78 is 71.5. The fourth-order valence-corrected chi connectivity index (χ4v) is 2.74. The van der Waals surface area contributed by atoms with Crippen LogP contribution in [0.2, 0.25) is 0 Å². The molecule has 0 radical (unpaired) electrons. The minimum Gasteiger partial charge on any atom is -0.392 e. The molecule has 0 bridgehead atoms. The van der Waals surface area contributed by atoms with Gasteiger partial charge in [0.05, 0.1) is 12.5 Å². The van der Waals surface area contributed by atoms with E-state index in [1.807, 2.05) is 19.1 Å². The van der Waals surface area contributed by atoms with Gasteiger partial charge in [-0.15, -0.1) is 0 Å². The smallest absolute Gasteiger partial charge is 0.392 e. The van der Waals surface area contributed by atoms with E-state index in [1.165, 1.54) is 0 Å². The lowest BCUT2D eigenvalue weighted by atomic mass is 10.0. The molecule has 166 valence electrons. The van der Waals surface area contributed by atoms with Crippen molar-refractivity contribution < 1.29 is 36.2 Å². The molecule has 8 heteroatoms. The number of ketones is 1. The molecule has 0 aliphatic rings. The van der Waals surface area contributed by atoms with Crippen LogP contribution in [0.25, 0.3) is 0 Å². The standard InChI is InChI=1S/C11H13F3O.C11H11F3O/c2*1-8-4-2-3-5-9(8)6-10(15)7-11(12,13)14/h2-5,10,15H,6-7H2,1H3;2-5H,6-7H2,1H3. The van der Waals surface area contributed by atoms with Crippen LogP contribution in [-0.2, 0) is 17.6 Å². The Labute approximate surface area is 171 Å². The molecule has 0 spiro atoms. The molecule has 2 aromatic rings. The lowest BCUT2D eigenvalue weighted by molar-refractivity contribution is -0.154. The Bertz CT molecular complexity index is 812. The molecule has 2 aromatic carbocycles. The van der Waals surface area contributed by atoms with Crippen molar-refractivity contribution in [1.82, 2.24) is 0 Å². The fourth-order valence-electron chi connectivity index (χ4n) is 2.74. The maximum Gasteiger partial charge on any atom is 0.395 e. The molecule has 0 saturated heterocycles. The number of carbonyl (C=O) groups excluding carboxylic acids is 1. The number of benzene rings is 2. The van der Waals surface area contributed by atoms with Gasteiger partial charge in [-0.3, -0.25) is 4.79 Å². The van der Waals surface area contributed by atoms with E-state index in [2.05, 4.69) is 0 Å². The highest BCUT2D eigenvalue weighted by Crippen LogP contribution is 2.24. The first-order chi connectivity index (χ1) is 13.8. The summed E-state index contributed by atoms with van der Waals surface area (Å²) in [5, 5.41) is 9.24. The van der Waals surface area contributed by atoms with Gasteiger partial charge in [-0.05, 0) is 42.5 Å². The van der Waals surface area contributed by atoms with Crippen LogP contribution in [0.15, 0.2) is 48.5 Å². The molecule has 0 aromatic heterocycles. The van der Waals surface area contributed by atoms with Crippen LogP contribution in [0.5, 0.6) is 0 Å². The van der Waals surface area contributed by atoms with Crippen molar-refractivity contribution >= 4 is 5.78 Å². The molecule has 0 amide bonds. The molecule has 30 heavy (non-hydrogen) atoms. The average Bonchev–Trinajstić information content (AvgIpc) is 2.56. The van der Waals surface area contributed by atoms with Gasteiger partial charge >= 0.3 is 12.4 Å². The van der Waals surface area contributed by atoms with Gasteiger partial charge in [0, 0.05) is 6.42 Å². The summed E-state index contributed by atoms with van der Waals surface area (Å²) in [6, 6.07) is 14.1. The van der Waals surface area contributed by atoms with Gasteiger partial charge in [0.2, 0.25) is 0 Å². The lowest BCUT2D eigenvalue weighted by Crippen LogP contribution is -2.21. The summed E-state index contributed by atoms with van der Waals surface area (Å²) in [5.41, 5.74) is 3.16. The Kier molecular flexibility index (Phi) is 9.55. The first-order valence-corrected chi connectivity index (χ1v) is 9.19. The van der Waals surface area contributed by atoms with Crippen LogP contribution in [-0.4, -0.2) is 29.3 Å². The third-order valence-electron chi connectivity index (χ3n) is 4.23. The zero-order valence-electron chi connectivity index (χ0n) is 16.6. The maximum absolute atomic E-state index is 11.9. The largest absolute Gasteiger partial charge is 0.395 e. The normalized spacial score (nSPS) is 12.7. The van der Waals surface area contributed by atoms with Gasteiger partial charge in [0.1, 0.15) is 12.2 Å². The second-order valence-electron chi connectivity index (χ2n) is 7.04. The molecule has 0 aliphatic carbocycles. The number of alkyl halides is 6. The van der Waals surface area contributed by atoms with Gasteiger partial charge in [0.15, 0.2) is 0 Å². The van der Waals surface area contributed by atoms with E-state index in [1.54, 1.807) is 43.3 Å². The van der Waals surface area contributed by atoms with E-state index in [9.17, 15) is 36.2 Å². The summed E-state index contributed by atoms with van der Waals surface area (Å²) >= 11 is 0. The lowest BCUT2D eigenvalue weighted by Gasteiger charge is -2.14. The van der Waals surface area contributed by atoms with Crippen LogP contribution < -0.4 is 0 Å². The minimum absolute atomic E-state index is 0.0478. The summed E-state index contributed by atoms with van der Waals surface area (Å²) in [6.45, 7) is 3.59. The van der Waals surface area contributed by atoms with Crippen molar-refractivity contribution in [3.8, 4) is 0 Å². The van der Waals surface area contributed by atoms with E-state index >= 15 is 0 Å². The Balaban J connectivity index is 0.000000300. The number of rotatable bonds is 6. The van der Waals surface area contributed by atoms with Crippen molar-refractivity contribution in [3.63, 3.8) is 0 Å². The maximum atomic E-state index is 11.9. The minimum atomic E-state index is -4.40. The number of aliphatic hydroxyl groups is 1. The third-order valence-corrected chi connectivity index (χ3v) is 4.23. The molecule has 2 nitrogen and oxygen atoms in total. The van der Waals surface area contributed by atoms with Crippen LogP contribution in [0, 0.1) is 13.8 Å². The molecule has 0 saturated carbocycles. The molecule has 0 heterocycles. The van der Waals surface area contributed by atoms with E-state index in [0.717, 1.165) is 16.7 Å². The average molecular weight is 434 g/mol. The quantitative estimate of drug-likeness (QED) is 0.574. The topological polar surface area (TPSA) is 37.3 Å². The Morgan fingerprint density at radius 3 is 1.73 bits per heavy atom. The molecule has 1 atom stereocenters. The third kappa shape index (κ3) is 11.0. The molecule has 0 fully saturated rings. The Morgan fingerprint density at radius 2 is 1.30 bits per heavy atom. The van der Waals surface area contributed by atoms with Crippen LogP contribution in [0.4, 0.5) is 26.3 Å². The number of aryl methyl sites for hydroxylation is 2. The second-order valence-corrected chi connectivity index (χ2v) is 7.04. The summed E-state index contributed by atoms with van der Waals surface area (Å²) in [5.74, 6) is -0.795. The zero-order chi connectivity index (χ0) is 22.9. The monoisotopic (exact) mass is 434 g/mol. The highest BCUT2D eigenvalue weighted by Gasteiger charge is 2.31. The molecule has 1 N–H and O–H groups in total. The number of Topliss-reactive ketones (excluding diaryl/α,β-unsaturated/α-hetero) is 1. The Hall–Kier alpha value is -2.35. The van der Waals surface area contributed by atoms with Gasteiger partial charge in [-0.1, -0.05) is 48.5 Å². The molecule has 0 aliphatic heterocycles. The van der Waals surface area contributed by atoms with Crippen LogP contribution >= 0.6 is 0 Å². The van der Waals surface area contributed by atoms with Crippen LogP contribution in [0.1, 0.15) is 35.1 Å². The predicted octanol–water partition coefficient (Wildman–Crippen LogP) is 5.91. The fraction of sp³-hybridized carbons (Fsp3) is 0.409. The number of halogens is 6. The van der Waals surface area contributed by atoms with E-state index < -0.39 is 37.1 Å². The van der Waals surface area contributed by atoms with Crippen molar-refractivity contribution in [2.75, 3.05) is 0 Å². The highest BCUT2D eigenvalue weighted by atomic mass is 19.4. The summed E-state index contributed by atoms with van der Waals surface area (Å²) in [4.78, 5) is 11.1. The molecular formula is C22H24F6O2. The highest BCUT2D eigenvalue weighted by molar-refractivity contribution is 5.81. The van der Waals surface area contributed by atoms with Gasteiger partial charge in [-0.25, -0.2) is 0 Å². The zero-order valence-corrected chi connectivity index (χ0v) is 16.6. The predicted molar refractivity (Wildman–Crippen MR) is 102 cm³/mol. The van der Waals surface area contributed by atoms with Crippen molar-refractivity contribution in [1.29, 1.82) is 0 Å². The van der Waals surface area contributed by atoms with Crippen LogP contribution in [0.3, 0.4) is 0 Å². The number of hydrogen-bond acceptors (Lipinski definition) is 2. The van der Waals surface area contributed by atoms with E-state index in [0.29, 0.717) is 5.56 Å². The Morgan fingerprint density at radius 1 is 0.833 bits per heavy atom. The van der Waals surface area contributed by atoms with Crippen molar-refractivity contribution in [2.24, 2.45) is 0 Å².